The molecule has 1 aromatic heterocycles. The third-order valence-electron chi connectivity index (χ3n) is 1.09. The number of nitrogens with zero attached hydrogens (tertiary/aromatic N) is 1. The molecule has 0 saturated heterocycles. The van der Waals surface area contributed by atoms with Gasteiger partial charge in [-0.3, -0.25) is 0 Å². The molecule has 1 aromatic rings. The van der Waals surface area contributed by atoms with Crippen LogP contribution in [-0.4, -0.2) is 23.0 Å². The smallest absolute Gasteiger partial charge is 0.744 e. The topological polar surface area (TPSA) is 93.6 Å². The van der Waals surface area contributed by atoms with Gasteiger partial charge in [0.1, 0.15) is 10.1 Å². The van der Waals surface area contributed by atoms with E-state index in [1.54, 1.807) is 7.05 Å². The Morgan fingerprint density at radius 2 is 2.00 bits per heavy atom. The molecule has 0 fully saturated rings. The number of hydrogen-bond acceptors (Lipinski definition) is 3. The second kappa shape index (κ2) is 5.00. The van der Waals surface area contributed by atoms with Crippen molar-refractivity contribution in [3.63, 3.8) is 0 Å². The van der Waals surface area contributed by atoms with Gasteiger partial charge in [0.25, 0.3) is 0 Å². The van der Waals surface area contributed by atoms with Gasteiger partial charge in [-0.25, -0.2) is 8.42 Å². The minimum absolute atomic E-state index is 0. The first-order valence-corrected chi connectivity index (χ1v) is 3.99. The van der Waals surface area contributed by atoms with Crippen molar-refractivity contribution in [2.45, 2.75) is 4.90 Å². The van der Waals surface area contributed by atoms with Crippen molar-refractivity contribution in [1.29, 1.82) is 0 Å². The van der Waals surface area contributed by atoms with Crippen LogP contribution >= 0.6 is 0 Å². The number of aromatic nitrogens is 1. The largest absolute Gasteiger partial charge is 1.00 e. The minimum Gasteiger partial charge on any atom is -0.744 e. The maximum atomic E-state index is 10.3. The molecular weight excluding hydrogens is 193 g/mol. The molecule has 0 aliphatic heterocycles. The number of aryl methyl sites for hydroxylation is 1. The molecule has 0 atom stereocenters. The second-order valence-corrected chi connectivity index (χ2v) is 3.35. The van der Waals surface area contributed by atoms with Crippen LogP contribution in [0.25, 0.3) is 0 Å². The van der Waals surface area contributed by atoms with Crippen molar-refractivity contribution >= 4 is 10.1 Å². The van der Waals surface area contributed by atoms with E-state index in [4.69, 9.17) is 0 Å². The average Bonchev–Trinajstić information content (AvgIpc) is 2.11. The molecule has 0 radical (unpaired) electrons. The summed E-state index contributed by atoms with van der Waals surface area (Å²) in [4.78, 5) is -0.185. The fourth-order valence-electron chi connectivity index (χ4n) is 0.626. The van der Waals surface area contributed by atoms with Crippen LogP contribution in [-0.2, 0) is 17.2 Å². The molecule has 0 unspecified atom stereocenters. The van der Waals surface area contributed by atoms with Crippen molar-refractivity contribution in [2.24, 2.45) is 7.05 Å². The summed E-state index contributed by atoms with van der Waals surface area (Å²) in [5, 5.41) is 0. The van der Waals surface area contributed by atoms with Crippen LogP contribution < -0.4 is 29.6 Å². The summed E-state index contributed by atoms with van der Waals surface area (Å²) >= 11 is 0. The summed E-state index contributed by atoms with van der Waals surface area (Å²) in [5.74, 6) is 0. The maximum Gasteiger partial charge on any atom is 1.00 e. The standard InChI is InChI=1S/C5H7NO3S.Na.H2O/c1-6-3-2-5(4-6)10(7,8)9;;/h2-4H,1H3,(H,7,8,9);;1H2/q;+1;/p-1. The quantitative estimate of drug-likeness (QED) is 0.343. The molecule has 1 heterocycles. The summed E-state index contributed by atoms with van der Waals surface area (Å²) in [7, 11) is -2.61. The predicted octanol–water partition coefficient (Wildman–Crippen LogP) is -3.89. The molecule has 0 aliphatic carbocycles. The van der Waals surface area contributed by atoms with E-state index < -0.39 is 10.1 Å². The summed E-state index contributed by atoms with van der Waals surface area (Å²) < 4.78 is 32.3. The van der Waals surface area contributed by atoms with Crippen molar-refractivity contribution in [1.82, 2.24) is 4.57 Å². The molecular formula is C5H8NNaO4S. The molecule has 2 N–H and O–H groups in total. The van der Waals surface area contributed by atoms with Crippen molar-refractivity contribution in [2.75, 3.05) is 0 Å². The van der Waals surface area contributed by atoms with Crippen LogP contribution in [0.1, 0.15) is 0 Å². The molecule has 64 valence electrons. The number of rotatable bonds is 1. The van der Waals surface area contributed by atoms with Crippen LogP contribution in [0.5, 0.6) is 0 Å². The molecule has 12 heavy (non-hydrogen) atoms. The summed E-state index contributed by atoms with van der Waals surface area (Å²) in [6.45, 7) is 0. The van der Waals surface area contributed by atoms with Gasteiger partial charge < -0.3 is 14.6 Å². The zero-order valence-corrected chi connectivity index (χ0v) is 9.63. The van der Waals surface area contributed by atoms with Crippen molar-refractivity contribution < 1.29 is 48.0 Å². The first-order chi connectivity index (χ1) is 4.50. The third kappa shape index (κ3) is 3.70. The van der Waals surface area contributed by atoms with E-state index in [-0.39, 0.29) is 39.9 Å². The van der Waals surface area contributed by atoms with Gasteiger partial charge in [-0.15, -0.1) is 0 Å². The zero-order valence-electron chi connectivity index (χ0n) is 6.81. The van der Waals surface area contributed by atoms with E-state index in [9.17, 15) is 13.0 Å². The van der Waals surface area contributed by atoms with E-state index in [1.165, 1.54) is 23.0 Å². The van der Waals surface area contributed by atoms with Gasteiger partial charge >= 0.3 is 29.6 Å². The number of hydrogen-bond donors (Lipinski definition) is 0. The second-order valence-electron chi connectivity index (χ2n) is 1.97. The summed E-state index contributed by atoms with van der Waals surface area (Å²) in [5.41, 5.74) is 0. The van der Waals surface area contributed by atoms with Gasteiger partial charge in [-0.2, -0.15) is 0 Å². The molecule has 5 nitrogen and oxygen atoms in total. The molecule has 0 aromatic carbocycles. The molecule has 0 bridgehead atoms. The van der Waals surface area contributed by atoms with Crippen LogP contribution in [0.2, 0.25) is 0 Å². The Morgan fingerprint density at radius 3 is 2.17 bits per heavy atom. The molecule has 0 spiro atoms. The van der Waals surface area contributed by atoms with Crippen molar-refractivity contribution in [3.8, 4) is 0 Å². The Balaban J connectivity index is 0. The normalized spacial score (nSPS) is 9.83. The minimum atomic E-state index is -4.25. The Morgan fingerprint density at radius 1 is 1.50 bits per heavy atom. The van der Waals surface area contributed by atoms with Gasteiger partial charge in [0, 0.05) is 19.4 Å². The third-order valence-corrected chi connectivity index (χ3v) is 1.91. The van der Waals surface area contributed by atoms with E-state index in [0.29, 0.717) is 0 Å². The molecule has 1 rings (SSSR count). The van der Waals surface area contributed by atoms with E-state index in [2.05, 4.69) is 0 Å². The zero-order chi connectivity index (χ0) is 7.78. The Labute approximate surface area is 92.7 Å². The van der Waals surface area contributed by atoms with Crippen LogP contribution in [0.15, 0.2) is 23.4 Å². The van der Waals surface area contributed by atoms with Gasteiger partial charge in [0.15, 0.2) is 0 Å². The first kappa shape index (κ1) is 14.7. The average molecular weight is 201 g/mol. The SMILES string of the molecule is Cn1ccc(S(=O)(=O)[O-])c1.O.[Na+]. The van der Waals surface area contributed by atoms with Crippen LogP contribution in [0.4, 0.5) is 0 Å². The Hall–Kier alpha value is 0.150. The summed E-state index contributed by atoms with van der Waals surface area (Å²) in [6, 6.07) is 1.27. The molecule has 0 aliphatic rings. The van der Waals surface area contributed by atoms with Gasteiger partial charge in [-0.05, 0) is 6.07 Å². The van der Waals surface area contributed by atoms with Crippen LogP contribution in [0.3, 0.4) is 0 Å². The van der Waals surface area contributed by atoms with E-state index in [1.807, 2.05) is 0 Å². The monoisotopic (exact) mass is 201 g/mol. The Bertz CT molecular complexity index is 331. The fraction of sp³-hybridized carbons (Fsp3) is 0.200. The van der Waals surface area contributed by atoms with Crippen LogP contribution in [0, 0.1) is 0 Å². The van der Waals surface area contributed by atoms with Crippen molar-refractivity contribution in [3.05, 3.63) is 18.5 Å². The van der Waals surface area contributed by atoms with Gasteiger partial charge in [0.05, 0.1) is 4.90 Å². The van der Waals surface area contributed by atoms with E-state index in [0.717, 1.165) is 0 Å². The molecule has 7 heteroatoms. The first-order valence-electron chi connectivity index (χ1n) is 2.58. The van der Waals surface area contributed by atoms with Gasteiger partial charge in [0.2, 0.25) is 0 Å². The predicted molar refractivity (Wildman–Crippen MR) is 37.0 cm³/mol. The van der Waals surface area contributed by atoms with Gasteiger partial charge in [-0.1, -0.05) is 0 Å². The molecule has 0 amide bonds. The fourth-order valence-corrected chi connectivity index (χ4v) is 1.15. The summed E-state index contributed by atoms with van der Waals surface area (Å²) in [6.07, 6.45) is 2.77. The molecule has 0 saturated carbocycles. The Kier molecular flexibility index (Phi) is 6.11. The van der Waals surface area contributed by atoms with E-state index >= 15 is 0 Å². The maximum absolute atomic E-state index is 10.3.